The van der Waals surface area contributed by atoms with Gasteiger partial charge in [-0.25, -0.2) is 13.2 Å². The molecule has 0 fully saturated rings. The lowest BCUT2D eigenvalue weighted by molar-refractivity contribution is 0.507. The van der Waals surface area contributed by atoms with Crippen LogP contribution < -0.4 is 5.32 Å². The lowest BCUT2D eigenvalue weighted by Gasteiger charge is -2.21. The summed E-state index contributed by atoms with van der Waals surface area (Å²) < 4.78 is 42.1. The number of hydrogen-bond acceptors (Lipinski definition) is 1. The van der Waals surface area contributed by atoms with Gasteiger partial charge in [0, 0.05) is 15.1 Å². The van der Waals surface area contributed by atoms with Gasteiger partial charge in [0.25, 0.3) is 0 Å². The molecule has 0 bridgehead atoms. The Morgan fingerprint density at radius 3 is 2.33 bits per heavy atom. The molecule has 0 radical (unpaired) electrons. The highest BCUT2D eigenvalue weighted by atomic mass is 79.9. The number of halogens is 5. The highest BCUT2D eigenvalue weighted by Gasteiger charge is 2.24. The van der Waals surface area contributed by atoms with Crippen molar-refractivity contribution >= 4 is 27.5 Å². The van der Waals surface area contributed by atoms with Crippen molar-refractivity contribution in [2.45, 2.75) is 13.0 Å². The zero-order chi connectivity index (χ0) is 15.6. The van der Waals surface area contributed by atoms with Crippen LogP contribution >= 0.6 is 27.5 Å². The topological polar surface area (TPSA) is 12.0 Å². The van der Waals surface area contributed by atoms with Crippen LogP contribution in [0.1, 0.15) is 24.1 Å². The minimum absolute atomic E-state index is 0.187. The minimum atomic E-state index is -0.869. The molecule has 2 aromatic rings. The Morgan fingerprint density at radius 2 is 1.76 bits per heavy atom. The molecule has 21 heavy (non-hydrogen) atoms. The first kappa shape index (κ1) is 16.3. The molecule has 0 heterocycles. The van der Waals surface area contributed by atoms with E-state index in [9.17, 15) is 13.2 Å². The number of nitrogens with one attached hydrogen (secondary N) is 1. The molecule has 0 saturated heterocycles. The van der Waals surface area contributed by atoms with E-state index in [2.05, 4.69) is 21.2 Å². The largest absolute Gasteiger partial charge is 0.306 e. The third-order valence-corrected chi connectivity index (χ3v) is 3.81. The Bertz CT molecular complexity index is 640. The summed E-state index contributed by atoms with van der Waals surface area (Å²) in [5.74, 6) is -1.98. The molecule has 112 valence electrons. The van der Waals surface area contributed by atoms with Gasteiger partial charge < -0.3 is 5.32 Å². The highest BCUT2D eigenvalue weighted by Crippen LogP contribution is 2.33. The van der Waals surface area contributed by atoms with Crippen molar-refractivity contribution in [1.29, 1.82) is 0 Å². The highest BCUT2D eigenvalue weighted by molar-refractivity contribution is 9.10. The molecule has 0 aliphatic carbocycles. The van der Waals surface area contributed by atoms with E-state index >= 15 is 0 Å². The molecule has 1 nitrogen and oxygen atoms in total. The molecule has 1 atom stereocenters. The Kier molecular flexibility index (Phi) is 5.30. The molecule has 0 aliphatic rings. The van der Waals surface area contributed by atoms with Crippen LogP contribution in [0.4, 0.5) is 13.2 Å². The quantitative estimate of drug-likeness (QED) is 0.769. The van der Waals surface area contributed by atoms with E-state index in [4.69, 9.17) is 11.6 Å². The molecule has 2 rings (SSSR count). The predicted octanol–water partition coefficient (Wildman–Crippen LogP) is 5.22. The van der Waals surface area contributed by atoms with Crippen molar-refractivity contribution < 1.29 is 13.2 Å². The van der Waals surface area contributed by atoms with Crippen molar-refractivity contribution in [3.63, 3.8) is 0 Å². The summed E-state index contributed by atoms with van der Waals surface area (Å²) in [6.45, 7) is 2.22. The second-order valence-corrected chi connectivity index (χ2v) is 5.76. The van der Waals surface area contributed by atoms with Crippen LogP contribution in [0.25, 0.3) is 0 Å². The first-order valence-electron chi connectivity index (χ1n) is 6.26. The van der Waals surface area contributed by atoms with Crippen LogP contribution in [0, 0.1) is 17.5 Å². The van der Waals surface area contributed by atoms with E-state index in [0.29, 0.717) is 16.6 Å². The molecular weight excluding hydrogens is 367 g/mol. The summed E-state index contributed by atoms with van der Waals surface area (Å²) >= 11 is 9.08. The molecule has 1 N–H and O–H groups in total. The summed E-state index contributed by atoms with van der Waals surface area (Å²) in [5, 5.41) is 3.18. The van der Waals surface area contributed by atoms with Crippen LogP contribution in [0.15, 0.2) is 34.8 Å². The van der Waals surface area contributed by atoms with Gasteiger partial charge in [0.2, 0.25) is 0 Å². The van der Waals surface area contributed by atoms with E-state index in [0.717, 1.165) is 12.1 Å². The zero-order valence-electron chi connectivity index (χ0n) is 11.1. The van der Waals surface area contributed by atoms with Crippen molar-refractivity contribution in [1.82, 2.24) is 5.32 Å². The van der Waals surface area contributed by atoms with E-state index in [1.54, 1.807) is 6.92 Å². The van der Waals surface area contributed by atoms with Crippen LogP contribution in [0.5, 0.6) is 0 Å². The number of rotatable bonds is 4. The molecule has 0 amide bonds. The Labute approximate surface area is 134 Å². The smallest absolute Gasteiger partial charge is 0.132 e. The Balaban J connectivity index is 2.61. The zero-order valence-corrected chi connectivity index (χ0v) is 13.4. The monoisotopic (exact) mass is 377 g/mol. The van der Waals surface area contributed by atoms with Gasteiger partial charge in [-0.2, -0.15) is 0 Å². The van der Waals surface area contributed by atoms with Crippen molar-refractivity contribution in [3.8, 4) is 0 Å². The molecule has 0 spiro atoms. The van der Waals surface area contributed by atoms with Crippen LogP contribution in [0.3, 0.4) is 0 Å². The van der Waals surface area contributed by atoms with Gasteiger partial charge in [-0.05, 0) is 42.4 Å². The standard InChI is InChI=1S/C15H12BrClF3N/c1-2-21-15(10-7-9(18)3-4-11(10)17)14-12(19)5-8(16)6-13(14)20/h3-7,15,21H,2H2,1H3. The van der Waals surface area contributed by atoms with Gasteiger partial charge in [0.05, 0.1) is 6.04 Å². The summed E-state index contributed by atoms with van der Waals surface area (Å²) in [5.41, 5.74) is 0.103. The number of benzene rings is 2. The normalized spacial score (nSPS) is 12.5. The Morgan fingerprint density at radius 1 is 1.14 bits per heavy atom. The van der Waals surface area contributed by atoms with E-state index in [1.165, 1.54) is 18.2 Å². The van der Waals surface area contributed by atoms with Crippen molar-refractivity contribution in [2.75, 3.05) is 6.54 Å². The predicted molar refractivity (Wildman–Crippen MR) is 81.0 cm³/mol. The summed E-state index contributed by atoms with van der Waals surface area (Å²) in [6, 6.07) is 5.20. The number of hydrogen-bond donors (Lipinski definition) is 1. The van der Waals surface area contributed by atoms with Gasteiger partial charge in [0.1, 0.15) is 17.5 Å². The average Bonchev–Trinajstić information content (AvgIpc) is 2.39. The van der Waals surface area contributed by atoms with E-state index in [-0.39, 0.29) is 10.6 Å². The summed E-state index contributed by atoms with van der Waals surface area (Å²) in [4.78, 5) is 0. The molecule has 2 aromatic carbocycles. The molecule has 0 saturated carbocycles. The lowest BCUT2D eigenvalue weighted by atomic mass is 9.97. The molecule has 0 aromatic heterocycles. The summed E-state index contributed by atoms with van der Waals surface area (Å²) in [6.07, 6.45) is 0. The molecule has 1 unspecified atom stereocenters. The fraction of sp³-hybridized carbons (Fsp3) is 0.200. The maximum absolute atomic E-state index is 14.2. The maximum atomic E-state index is 14.2. The molecular formula is C15H12BrClF3N. The van der Waals surface area contributed by atoms with Gasteiger partial charge in [-0.15, -0.1) is 0 Å². The van der Waals surface area contributed by atoms with E-state index < -0.39 is 23.5 Å². The maximum Gasteiger partial charge on any atom is 0.132 e. The van der Waals surface area contributed by atoms with E-state index in [1.807, 2.05) is 0 Å². The fourth-order valence-electron chi connectivity index (χ4n) is 2.14. The van der Waals surface area contributed by atoms with Gasteiger partial charge in [-0.3, -0.25) is 0 Å². The molecule has 0 aliphatic heterocycles. The first-order chi connectivity index (χ1) is 9.93. The minimum Gasteiger partial charge on any atom is -0.306 e. The van der Waals surface area contributed by atoms with Gasteiger partial charge in [0.15, 0.2) is 0 Å². The second-order valence-electron chi connectivity index (χ2n) is 4.44. The van der Waals surface area contributed by atoms with Crippen LogP contribution in [0.2, 0.25) is 5.02 Å². The second kappa shape index (κ2) is 6.81. The summed E-state index contributed by atoms with van der Waals surface area (Å²) in [7, 11) is 0. The third kappa shape index (κ3) is 3.59. The van der Waals surface area contributed by atoms with Crippen LogP contribution in [-0.4, -0.2) is 6.54 Å². The van der Waals surface area contributed by atoms with Crippen LogP contribution in [-0.2, 0) is 0 Å². The van der Waals surface area contributed by atoms with Crippen molar-refractivity contribution in [3.05, 3.63) is 68.4 Å². The SMILES string of the molecule is CCNC(c1cc(F)ccc1Cl)c1c(F)cc(Br)cc1F. The Hall–Kier alpha value is -1.04. The van der Waals surface area contributed by atoms with Crippen molar-refractivity contribution in [2.24, 2.45) is 0 Å². The van der Waals surface area contributed by atoms with Gasteiger partial charge in [-0.1, -0.05) is 34.5 Å². The van der Waals surface area contributed by atoms with Gasteiger partial charge >= 0.3 is 0 Å². The lowest BCUT2D eigenvalue weighted by Crippen LogP contribution is -2.24. The fourth-order valence-corrected chi connectivity index (χ4v) is 2.77. The first-order valence-corrected chi connectivity index (χ1v) is 7.44. The average molecular weight is 379 g/mol. The third-order valence-electron chi connectivity index (χ3n) is 3.01. The molecule has 6 heteroatoms.